The minimum absolute atomic E-state index is 0.0187. The molecule has 1 amide bonds. The zero-order valence-electron chi connectivity index (χ0n) is 10.0. The van der Waals surface area contributed by atoms with Gasteiger partial charge in [0.05, 0.1) is 5.56 Å². The third-order valence-corrected chi connectivity index (χ3v) is 2.84. The molecule has 1 fully saturated rings. The number of carboxylic acid groups (broad SMARTS) is 1. The maximum atomic E-state index is 11.7. The third-order valence-electron chi connectivity index (χ3n) is 2.84. The van der Waals surface area contributed by atoms with Gasteiger partial charge in [-0.05, 0) is 23.9 Å². The topological polar surface area (TPSA) is 83.2 Å². The number of hydrogen-bond donors (Lipinski definition) is 2. The summed E-state index contributed by atoms with van der Waals surface area (Å²) >= 11 is 0. The van der Waals surface area contributed by atoms with Crippen molar-refractivity contribution >= 4 is 11.9 Å². The number of amides is 1. The second-order valence-electron chi connectivity index (χ2n) is 4.48. The van der Waals surface area contributed by atoms with Crippen LogP contribution in [0.25, 0.3) is 0 Å². The molecule has 0 bridgehead atoms. The van der Waals surface area contributed by atoms with Crippen LogP contribution in [0.4, 0.5) is 0 Å². The van der Waals surface area contributed by atoms with E-state index in [4.69, 9.17) is 5.11 Å². The SMILES string of the molecule is O=C(O)CC[n+]1ccc(C(=O)NCC2CC2)cn1. The third kappa shape index (κ3) is 3.80. The molecule has 2 rings (SSSR count). The van der Waals surface area contributed by atoms with Crippen LogP contribution < -0.4 is 10.00 Å². The molecule has 1 aliphatic carbocycles. The van der Waals surface area contributed by atoms with Crippen LogP contribution in [0.3, 0.4) is 0 Å². The van der Waals surface area contributed by atoms with Crippen molar-refractivity contribution in [3.63, 3.8) is 0 Å². The van der Waals surface area contributed by atoms with Gasteiger partial charge in [-0.2, -0.15) is 0 Å². The molecule has 1 saturated carbocycles. The summed E-state index contributed by atoms with van der Waals surface area (Å²) in [5.41, 5.74) is 0.502. The van der Waals surface area contributed by atoms with Gasteiger partial charge in [0.2, 0.25) is 0 Å². The molecule has 1 aromatic heterocycles. The van der Waals surface area contributed by atoms with Crippen LogP contribution in [-0.4, -0.2) is 28.6 Å². The van der Waals surface area contributed by atoms with E-state index in [1.807, 2.05) is 0 Å². The molecule has 6 nitrogen and oxygen atoms in total. The summed E-state index contributed by atoms with van der Waals surface area (Å²) in [7, 11) is 0. The average molecular weight is 250 g/mol. The maximum absolute atomic E-state index is 11.7. The first-order chi connectivity index (χ1) is 8.65. The fourth-order valence-electron chi connectivity index (χ4n) is 1.52. The van der Waals surface area contributed by atoms with Gasteiger partial charge in [0, 0.05) is 12.6 Å². The summed E-state index contributed by atoms with van der Waals surface area (Å²) in [4.78, 5) is 22.1. The summed E-state index contributed by atoms with van der Waals surface area (Å²) in [6.07, 6.45) is 5.50. The minimum atomic E-state index is -0.865. The standard InChI is InChI=1S/C12H15N3O3/c16-11(17)4-6-15-5-3-10(8-14-15)12(18)13-7-9-1-2-9/h3,5,8-9H,1-2,4,6-7H2,(H-,13,16,17,18)/p+1. The van der Waals surface area contributed by atoms with Gasteiger partial charge in [0.25, 0.3) is 5.91 Å². The lowest BCUT2D eigenvalue weighted by atomic mass is 10.3. The van der Waals surface area contributed by atoms with E-state index in [1.54, 1.807) is 12.3 Å². The Balaban J connectivity index is 1.85. The molecule has 0 spiro atoms. The maximum Gasteiger partial charge on any atom is 0.309 e. The van der Waals surface area contributed by atoms with E-state index < -0.39 is 5.97 Å². The summed E-state index contributed by atoms with van der Waals surface area (Å²) in [6, 6.07) is 1.65. The van der Waals surface area contributed by atoms with Crippen molar-refractivity contribution in [3.8, 4) is 0 Å². The number of carboxylic acids is 1. The number of aliphatic carboxylic acids is 1. The molecule has 18 heavy (non-hydrogen) atoms. The van der Waals surface area contributed by atoms with E-state index in [9.17, 15) is 9.59 Å². The molecule has 1 aromatic rings. The van der Waals surface area contributed by atoms with Crippen molar-refractivity contribution in [1.29, 1.82) is 0 Å². The van der Waals surface area contributed by atoms with Crippen molar-refractivity contribution < 1.29 is 19.4 Å². The van der Waals surface area contributed by atoms with E-state index in [0.29, 0.717) is 18.0 Å². The Morgan fingerprint density at radius 1 is 1.50 bits per heavy atom. The van der Waals surface area contributed by atoms with Crippen LogP contribution >= 0.6 is 0 Å². The minimum Gasteiger partial charge on any atom is -0.481 e. The van der Waals surface area contributed by atoms with Crippen LogP contribution in [0.15, 0.2) is 18.5 Å². The summed E-state index contributed by atoms with van der Waals surface area (Å²) in [5, 5.41) is 15.4. The molecule has 2 N–H and O–H groups in total. The molecule has 0 saturated heterocycles. The van der Waals surface area contributed by atoms with Crippen LogP contribution in [0.2, 0.25) is 0 Å². The molecule has 0 radical (unpaired) electrons. The lowest BCUT2D eigenvalue weighted by Gasteiger charge is -2.02. The highest BCUT2D eigenvalue weighted by Crippen LogP contribution is 2.27. The summed E-state index contributed by atoms with van der Waals surface area (Å²) in [6.45, 7) is 1.03. The van der Waals surface area contributed by atoms with E-state index in [0.717, 1.165) is 6.54 Å². The second-order valence-corrected chi connectivity index (χ2v) is 4.48. The number of aryl methyl sites for hydroxylation is 1. The predicted molar refractivity (Wildman–Crippen MR) is 61.7 cm³/mol. The number of nitrogens with one attached hydrogen (secondary N) is 1. The number of carbonyl (C=O) groups is 2. The molecule has 0 atom stereocenters. The first-order valence-corrected chi connectivity index (χ1v) is 6.01. The number of carbonyl (C=O) groups excluding carboxylic acids is 1. The molecular weight excluding hydrogens is 234 g/mol. The van der Waals surface area contributed by atoms with Crippen molar-refractivity contribution in [2.45, 2.75) is 25.8 Å². The van der Waals surface area contributed by atoms with Crippen molar-refractivity contribution in [3.05, 3.63) is 24.0 Å². The second kappa shape index (κ2) is 5.57. The Labute approximate surface area is 105 Å². The van der Waals surface area contributed by atoms with Crippen molar-refractivity contribution in [1.82, 2.24) is 10.4 Å². The zero-order valence-corrected chi connectivity index (χ0v) is 10.0. The number of nitrogens with zero attached hydrogens (tertiary/aromatic N) is 2. The van der Waals surface area contributed by atoms with Gasteiger partial charge >= 0.3 is 5.97 Å². The van der Waals surface area contributed by atoms with E-state index >= 15 is 0 Å². The van der Waals surface area contributed by atoms with Crippen LogP contribution in [-0.2, 0) is 11.3 Å². The molecule has 0 aliphatic heterocycles. The Morgan fingerprint density at radius 3 is 2.83 bits per heavy atom. The largest absolute Gasteiger partial charge is 0.481 e. The monoisotopic (exact) mass is 250 g/mol. The summed E-state index contributed by atoms with van der Waals surface area (Å²) in [5.74, 6) is -0.346. The Hall–Kier alpha value is -1.98. The molecule has 96 valence electrons. The highest BCUT2D eigenvalue weighted by molar-refractivity contribution is 5.93. The van der Waals surface area contributed by atoms with Gasteiger partial charge in [-0.1, -0.05) is 4.68 Å². The normalized spacial score (nSPS) is 14.2. The molecule has 0 aromatic carbocycles. The average Bonchev–Trinajstić information content (AvgIpc) is 3.18. The van der Waals surface area contributed by atoms with Crippen LogP contribution in [0, 0.1) is 5.92 Å². The molecule has 6 heteroatoms. The molecular formula is C12H16N3O3+. The Bertz CT molecular complexity index is 440. The first kappa shape index (κ1) is 12.5. The van der Waals surface area contributed by atoms with Crippen LogP contribution in [0.1, 0.15) is 29.6 Å². The van der Waals surface area contributed by atoms with Crippen molar-refractivity contribution in [2.24, 2.45) is 5.92 Å². The zero-order chi connectivity index (χ0) is 13.0. The smallest absolute Gasteiger partial charge is 0.309 e. The van der Waals surface area contributed by atoms with Gasteiger partial charge < -0.3 is 10.4 Å². The predicted octanol–water partition coefficient (Wildman–Crippen LogP) is -0.0164. The number of rotatable bonds is 6. The lowest BCUT2D eigenvalue weighted by molar-refractivity contribution is -0.753. The quantitative estimate of drug-likeness (QED) is 0.695. The highest BCUT2D eigenvalue weighted by Gasteiger charge is 2.22. The fourth-order valence-corrected chi connectivity index (χ4v) is 1.52. The van der Waals surface area contributed by atoms with Gasteiger partial charge in [-0.25, -0.2) is 0 Å². The van der Waals surface area contributed by atoms with E-state index in [2.05, 4.69) is 10.4 Å². The Kier molecular flexibility index (Phi) is 3.86. The summed E-state index contributed by atoms with van der Waals surface area (Å²) < 4.78 is 1.51. The first-order valence-electron chi connectivity index (χ1n) is 6.01. The number of aromatic nitrogens is 2. The van der Waals surface area contributed by atoms with Gasteiger partial charge in [-0.3, -0.25) is 9.59 Å². The molecule has 1 aliphatic rings. The lowest BCUT2D eigenvalue weighted by Crippen LogP contribution is -2.39. The molecule has 0 unspecified atom stereocenters. The number of hydrogen-bond acceptors (Lipinski definition) is 3. The van der Waals surface area contributed by atoms with E-state index in [1.165, 1.54) is 23.7 Å². The van der Waals surface area contributed by atoms with Gasteiger partial charge in [0.1, 0.15) is 12.6 Å². The van der Waals surface area contributed by atoms with Crippen LogP contribution in [0.5, 0.6) is 0 Å². The fraction of sp³-hybridized carbons (Fsp3) is 0.500. The molecule has 1 heterocycles. The highest BCUT2D eigenvalue weighted by atomic mass is 16.4. The van der Waals surface area contributed by atoms with Gasteiger partial charge in [-0.15, -0.1) is 0 Å². The van der Waals surface area contributed by atoms with E-state index in [-0.39, 0.29) is 12.3 Å². The van der Waals surface area contributed by atoms with Crippen molar-refractivity contribution in [2.75, 3.05) is 6.54 Å². The van der Waals surface area contributed by atoms with Gasteiger partial charge in [0.15, 0.2) is 12.7 Å². The Morgan fingerprint density at radius 2 is 2.28 bits per heavy atom.